The van der Waals surface area contributed by atoms with Gasteiger partial charge in [-0.2, -0.15) is 4.98 Å². The Kier molecular flexibility index (Phi) is 7.09. The van der Waals surface area contributed by atoms with E-state index in [9.17, 15) is 0 Å². The highest BCUT2D eigenvalue weighted by molar-refractivity contribution is 5.93. The molecule has 8 nitrogen and oxygen atoms in total. The molecule has 2 atom stereocenters. The van der Waals surface area contributed by atoms with Crippen LogP contribution in [0, 0.1) is 19.7 Å². The average molecular weight is 458 g/mol. The van der Waals surface area contributed by atoms with Gasteiger partial charge >= 0.3 is 0 Å². The Labute approximate surface area is 193 Å². The van der Waals surface area contributed by atoms with Gasteiger partial charge in [0.2, 0.25) is 0 Å². The Morgan fingerprint density at radius 3 is 2.73 bits per heavy atom. The van der Waals surface area contributed by atoms with Crippen LogP contribution in [0.2, 0.25) is 0 Å². The number of halogens is 1. The van der Waals surface area contributed by atoms with Crippen LogP contribution in [0.1, 0.15) is 37.6 Å². The number of aromatic nitrogens is 3. The van der Waals surface area contributed by atoms with E-state index in [4.69, 9.17) is 19.0 Å². The fourth-order valence-corrected chi connectivity index (χ4v) is 4.61. The molecule has 9 heteroatoms. The van der Waals surface area contributed by atoms with Crippen molar-refractivity contribution in [1.29, 1.82) is 0 Å². The molecule has 4 rings (SSSR count). The number of nitrogens with zero attached hydrogens (tertiary/aromatic N) is 4. The summed E-state index contributed by atoms with van der Waals surface area (Å²) in [7, 11) is 3.25. The Hall–Kier alpha value is -2.78. The van der Waals surface area contributed by atoms with Crippen LogP contribution in [0.5, 0.6) is 5.75 Å². The number of anilines is 1. The predicted molar refractivity (Wildman–Crippen MR) is 125 cm³/mol. The van der Waals surface area contributed by atoms with Crippen molar-refractivity contribution in [2.45, 2.75) is 52.1 Å². The normalized spacial score (nSPS) is 18.8. The van der Waals surface area contributed by atoms with Gasteiger partial charge in [0.15, 0.2) is 11.6 Å². The molecule has 0 aliphatic carbocycles. The molecule has 1 aliphatic heterocycles. The van der Waals surface area contributed by atoms with E-state index in [1.165, 1.54) is 13.2 Å². The number of methoxy groups -OCH3 is 2. The first-order valence-corrected chi connectivity index (χ1v) is 11.4. The van der Waals surface area contributed by atoms with Gasteiger partial charge in [0.05, 0.1) is 12.7 Å². The molecule has 0 saturated carbocycles. The van der Waals surface area contributed by atoms with Crippen LogP contribution >= 0.6 is 0 Å². The lowest BCUT2D eigenvalue weighted by Crippen LogP contribution is -2.48. The molecule has 0 amide bonds. The summed E-state index contributed by atoms with van der Waals surface area (Å²) in [6.45, 7) is 8.37. The molecule has 0 unspecified atom stereocenters. The Morgan fingerprint density at radius 2 is 2.06 bits per heavy atom. The van der Waals surface area contributed by atoms with Gasteiger partial charge in [-0.1, -0.05) is 5.16 Å². The van der Waals surface area contributed by atoms with Gasteiger partial charge in [-0.15, -0.1) is 0 Å². The number of piperidine rings is 1. The molecule has 0 bridgehead atoms. The summed E-state index contributed by atoms with van der Waals surface area (Å²) in [5.74, 6) is 1.64. The molecule has 2 aromatic heterocycles. The van der Waals surface area contributed by atoms with Gasteiger partial charge in [-0.05, 0) is 58.2 Å². The van der Waals surface area contributed by atoms with Crippen LogP contribution in [0.4, 0.5) is 10.2 Å². The van der Waals surface area contributed by atoms with E-state index in [1.807, 2.05) is 6.92 Å². The number of hydrogen-bond acceptors (Lipinski definition) is 8. The second kappa shape index (κ2) is 10.0. The Bertz CT molecular complexity index is 1120. The molecule has 1 fully saturated rings. The van der Waals surface area contributed by atoms with Crippen molar-refractivity contribution in [3.05, 3.63) is 29.3 Å². The summed E-state index contributed by atoms with van der Waals surface area (Å²) in [6.07, 6.45) is 2.91. The van der Waals surface area contributed by atoms with E-state index in [-0.39, 0.29) is 6.04 Å². The molecular formula is C24H32FN5O3. The maximum Gasteiger partial charge on any atom is 0.261 e. The molecule has 0 radical (unpaired) electrons. The molecule has 1 aromatic carbocycles. The summed E-state index contributed by atoms with van der Waals surface area (Å²) in [4.78, 5) is 11.5. The van der Waals surface area contributed by atoms with Crippen LogP contribution in [0.3, 0.4) is 0 Å². The molecule has 1 N–H and O–H groups in total. The van der Waals surface area contributed by atoms with Crippen molar-refractivity contribution in [2.75, 3.05) is 38.8 Å². The minimum atomic E-state index is -0.413. The minimum Gasteiger partial charge on any atom is -0.497 e. The van der Waals surface area contributed by atoms with Crippen molar-refractivity contribution in [3.63, 3.8) is 0 Å². The zero-order valence-corrected chi connectivity index (χ0v) is 19.9. The lowest BCUT2D eigenvalue weighted by Gasteiger charge is -2.39. The lowest BCUT2D eigenvalue weighted by molar-refractivity contribution is 0.192. The monoisotopic (exact) mass is 457 g/mol. The summed E-state index contributed by atoms with van der Waals surface area (Å²) < 4.78 is 31.0. The maximum atomic E-state index is 15.0. The van der Waals surface area contributed by atoms with Gasteiger partial charge in [0.25, 0.3) is 5.89 Å². The first-order valence-electron chi connectivity index (χ1n) is 11.4. The topological polar surface area (TPSA) is 85.5 Å². The summed E-state index contributed by atoms with van der Waals surface area (Å²) in [5.41, 5.74) is 1.90. The minimum absolute atomic E-state index is 0.201. The molecule has 178 valence electrons. The lowest BCUT2D eigenvalue weighted by atomic mass is 9.96. The highest BCUT2D eigenvalue weighted by Crippen LogP contribution is 2.39. The first kappa shape index (κ1) is 23.4. The van der Waals surface area contributed by atoms with Crippen LogP contribution < -0.4 is 15.0 Å². The van der Waals surface area contributed by atoms with Crippen molar-refractivity contribution in [2.24, 2.45) is 0 Å². The number of nitrogens with one attached hydrogen (secondary N) is 1. The van der Waals surface area contributed by atoms with E-state index in [0.29, 0.717) is 40.2 Å². The molecule has 1 saturated heterocycles. The van der Waals surface area contributed by atoms with Crippen molar-refractivity contribution >= 4 is 16.7 Å². The predicted octanol–water partition coefficient (Wildman–Crippen LogP) is 4.03. The summed E-state index contributed by atoms with van der Waals surface area (Å²) >= 11 is 0. The number of fused-ring (bicyclic) bond motifs is 1. The molecule has 1 aliphatic rings. The SMILES string of the molecule is COCCCN[C@@H]1CCN(c2nc3c(F)cc(OC)cc3c(C)c2-c2nc(C)no2)[C@@H](C)C1. The molecule has 3 aromatic rings. The molecular weight excluding hydrogens is 425 g/mol. The second-order valence-electron chi connectivity index (χ2n) is 8.65. The number of benzene rings is 1. The van der Waals surface area contributed by atoms with Crippen molar-refractivity contribution in [1.82, 2.24) is 20.4 Å². The van der Waals surface area contributed by atoms with E-state index in [0.717, 1.165) is 50.1 Å². The standard InChI is InChI=1S/C24H32FN5O3/c1-14-11-17(26-8-6-10-31-4)7-9-30(14)23-21(24-27-16(3)29-33-24)15(2)19-12-18(32-5)13-20(25)22(19)28-23/h12-14,17,26H,6-11H2,1-5H3/t14-,17+/m0/s1. The highest BCUT2D eigenvalue weighted by atomic mass is 19.1. The zero-order chi connectivity index (χ0) is 23.5. The van der Waals surface area contributed by atoms with E-state index < -0.39 is 5.82 Å². The van der Waals surface area contributed by atoms with Gasteiger partial charge in [-0.25, -0.2) is 9.37 Å². The third-order valence-electron chi connectivity index (χ3n) is 6.34. The molecule has 0 spiro atoms. The van der Waals surface area contributed by atoms with E-state index in [1.54, 1.807) is 20.1 Å². The van der Waals surface area contributed by atoms with E-state index in [2.05, 4.69) is 27.3 Å². The van der Waals surface area contributed by atoms with Gasteiger partial charge in [-0.3, -0.25) is 0 Å². The third kappa shape index (κ3) is 4.79. The van der Waals surface area contributed by atoms with Crippen LogP contribution in [-0.4, -0.2) is 61.1 Å². The highest BCUT2D eigenvalue weighted by Gasteiger charge is 2.31. The fourth-order valence-electron chi connectivity index (χ4n) is 4.61. The number of ether oxygens (including phenoxy) is 2. The van der Waals surface area contributed by atoms with Crippen LogP contribution in [-0.2, 0) is 4.74 Å². The number of pyridine rings is 1. The molecule has 33 heavy (non-hydrogen) atoms. The quantitative estimate of drug-likeness (QED) is 0.508. The van der Waals surface area contributed by atoms with Gasteiger partial charge in [0, 0.05) is 43.8 Å². The first-order chi connectivity index (χ1) is 15.9. The largest absolute Gasteiger partial charge is 0.497 e. The molecule has 3 heterocycles. The second-order valence-corrected chi connectivity index (χ2v) is 8.65. The van der Waals surface area contributed by atoms with E-state index >= 15 is 4.39 Å². The summed E-state index contributed by atoms with van der Waals surface area (Å²) in [5, 5.41) is 8.28. The fraction of sp³-hybridized carbons (Fsp3) is 0.542. The Balaban J connectivity index is 1.73. The Morgan fingerprint density at radius 1 is 1.24 bits per heavy atom. The average Bonchev–Trinajstić information content (AvgIpc) is 3.22. The zero-order valence-electron chi connectivity index (χ0n) is 19.9. The van der Waals surface area contributed by atoms with Crippen LogP contribution in [0.15, 0.2) is 16.7 Å². The summed E-state index contributed by atoms with van der Waals surface area (Å²) in [6, 6.07) is 3.79. The number of aryl methyl sites for hydroxylation is 2. The number of rotatable bonds is 8. The van der Waals surface area contributed by atoms with Crippen LogP contribution in [0.25, 0.3) is 22.4 Å². The smallest absolute Gasteiger partial charge is 0.261 e. The van der Waals surface area contributed by atoms with Crippen molar-refractivity contribution < 1.29 is 18.4 Å². The maximum absolute atomic E-state index is 15.0. The van der Waals surface area contributed by atoms with Crippen molar-refractivity contribution in [3.8, 4) is 17.2 Å². The number of hydrogen-bond donors (Lipinski definition) is 1. The van der Waals surface area contributed by atoms with Gasteiger partial charge in [0.1, 0.15) is 17.1 Å². The van der Waals surface area contributed by atoms with Gasteiger partial charge < -0.3 is 24.2 Å². The third-order valence-corrected chi connectivity index (χ3v) is 6.34.